The Morgan fingerprint density at radius 1 is 0.442 bits per heavy atom. The summed E-state index contributed by atoms with van der Waals surface area (Å²) in [4.78, 5) is 225. The number of nitrogens with zero attached hydrogens (tertiary/aromatic N) is 4. The standard InChI is InChI=1S/C69H116N16O19/c1-15-38(12)54(80-56(91)39(13)73-60(95)50(34(4)5)76-57(92)41(70)32-86)64(99)74-42(24-25-48(71)88)66(101)84-28-18-22-46(84)69(104)85-29-19-23-47(85)68(103)83-27-17-21-45(83)59(94)77-51(35(6)7)61(96)78-52(36(8)9)62(97)79-53(37(10)11)63(98)81-55(40(14)87)65(100)75-43(30-33(2)3)67(102)82-26-16-20-44(82)58(93)72-31-49(89)90/h33-47,50-55,86-87H,15-32,70H2,1-14H3,(H2,71,88)(H,72,93)(H,73,95)(H,74,99)(H,75,100)(H,76,92)(H,77,94)(H,78,96)(H,79,97)(H,80,91)(H,81,98)(H,89,90)/t38-,39-,40+,41-,42-,43-,44-,45-,46-,47-,50-,51-,52-,53-,54-,55-/m0/s1. The van der Waals surface area contributed by atoms with Gasteiger partial charge in [-0.25, -0.2) is 0 Å². The number of likely N-dealkylation sites (tertiary alicyclic amines) is 4. The van der Waals surface area contributed by atoms with E-state index in [0.29, 0.717) is 32.1 Å². The summed E-state index contributed by atoms with van der Waals surface area (Å²) in [6, 6.07) is -17.6. The van der Waals surface area contributed by atoms with Gasteiger partial charge >= 0.3 is 5.97 Å². The largest absolute Gasteiger partial charge is 0.480 e. The number of carbonyl (C=O) groups excluding carboxylic acids is 15. The number of hydrogen-bond donors (Lipinski definition) is 15. The number of carboxylic acids is 1. The summed E-state index contributed by atoms with van der Waals surface area (Å²) in [6.45, 7) is 21.8. The van der Waals surface area contributed by atoms with Gasteiger partial charge in [0, 0.05) is 32.6 Å². The maximum Gasteiger partial charge on any atom is 0.322 e. The van der Waals surface area contributed by atoms with E-state index in [1.807, 2.05) is 0 Å². The van der Waals surface area contributed by atoms with E-state index in [9.17, 15) is 86.9 Å². The Morgan fingerprint density at radius 2 is 0.808 bits per heavy atom. The van der Waals surface area contributed by atoms with Crippen LogP contribution in [0.5, 0.6) is 0 Å². The Bertz CT molecular complexity index is 3090. The van der Waals surface area contributed by atoms with Crippen molar-refractivity contribution in [3.63, 3.8) is 0 Å². The molecule has 0 unspecified atom stereocenters. The van der Waals surface area contributed by atoms with Crippen LogP contribution in [0.4, 0.5) is 0 Å². The Morgan fingerprint density at radius 3 is 1.25 bits per heavy atom. The molecule has 4 saturated heterocycles. The Balaban J connectivity index is 1.46. The summed E-state index contributed by atoms with van der Waals surface area (Å²) in [5.74, 6) is -15.5. The molecule has 0 aromatic rings. The number of primary amides is 1. The van der Waals surface area contributed by atoms with Gasteiger partial charge in [0.1, 0.15) is 91.1 Å². The molecule has 4 rings (SSSR count). The molecular weight excluding hydrogens is 1360 g/mol. The first-order valence-electron chi connectivity index (χ1n) is 36.5. The zero-order valence-electron chi connectivity index (χ0n) is 62.7. The summed E-state index contributed by atoms with van der Waals surface area (Å²) < 4.78 is 0. The second kappa shape index (κ2) is 40.6. The molecule has 0 aliphatic carbocycles. The number of aliphatic carboxylic acids is 1. The predicted octanol–water partition coefficient (Wildman–Crippen LogP) is -3.78. The molecule has 0 spiro atoms. The van der Waals surface area contributed by atoms with Crippen molar-refractivity contribution in [1.82, 2.24) is 72.8 Å². The van der Waals surface area contributed by atoms with E-state index in [1.54, 1.807) is 83.1 Å². The third-order valence-electron chi connectivity index (χ3n) is 19.5. The van der Waals surface area contributed by atoms with Crippen molar-refractivity contribution in [3.8, 4) is 0 Å². The fourth-order valence-corrected chi connectivity index (χ4v) is 13.2. The highest BCUT2D eigenvalue weighted by Gasteiger charge is 2.48. The zero-order chi connectivity index (χ0) is 78.5. The van der Waals surface area contributed by atoms with Gasteiger partial charge in [-0.2, -0.15) is 0 Å². The van der Waals surface area contributed by atoms with E-state index in [-0.39, 0.29) is 77.0 Å². The van der Waals surface area contributed by atoms with E-state index in [4.69, 9.17) is 16.6 Å². The highest BCUT2D eigenvalue weighted by molar-refractivity contribution is 6.01. The first kappa shape index (κ1) is 87.8. The topological polar surface area (TPSA) is 519 Å². The molecule has 0 bridgehead atoms. The minimum Gasteiger partial charge on any atom is -0.480 e. The molecule has 0 aromatic carbocycles. The smallest absolute Gasteiger partial charge is 0.322 e. The number of aliphatic hydroxyl groups is 2. The summed E-state index contributed by atoms with van der Waals surface area (Å²) >= 11 is 0. The van der Waals surface area contributed by atoms with Crippen LogP contribution in [0.15, 0.2) is 0 Å². The lowest BCUT2D eigenvalue weighted by Gasteiger charge is -2.35. The Hall–Kier alpha value is -8.60. The lowest BCUT2D eigenvalue weighted by Crippen LogP contribution is -2.63. The highest BCUT2D eigenvalue weighted by atomic mass is 16.4. The molecule has 4 heterocycles. The maximum atomic E-state index is 14.8. The Kier molecular flexibility index (Phi) is 34.3. The summed E-state index contributed by atoms with van der Waals surface area (Å²) in [7, 11) is 0. The lowest BCUT2D eigenvalue weighted by atomic mass is 9.97. The van der Waals surface area contributed by atoms with E-state index in [2.05, 4.69) is 53.2 Å². The number of carbonyl (C=O) groups is 16. The minimum atomic E-state index is -1.66. The van der Waals surface area contributed by atoms with Gasteiger partial charge in [0.2, 0.25) is 88.6 Å². The van der Waals surface area contributed by atoms with Crippen molar-refractivity contribution in [2.45, 2.75) is 265 Å². The molecule has 0 aromatic heterocycles. The van der Waals surface area contributed by atoms with Crippen LogP contribution < -0.4 is 64.6 Å². The van der Waals surface area contributed by atoms with Crippen LogP contribution in [0.25, 0.3) is 0 Å². The summed E-state index contributed by atoms with van der Waals surface area (Å²) in [5.41, 5.74) is 11.2. The fraction of sp³-hybridized carbons (Fsp3) is 0.768. The monoisotopic (exact) mass is 1470 g/mol. The van der Waals surface area contributed by atoms with Crippen LogP contribution >= 0.6 is 0 Å². The van der Waals surface area contributed by atoms with E-state index >= 15 is 0 Å². The van der Waals surface area contributed by atoms with Crippen LogP contribution in [0.3, 0.4) is 0 Å². The summed E-state index contributed by atoms with van der Waals surface area (Å²) in [6.07, 6.45) is 0.610. The number of nitrogens with one attached hydrogen (secondary N) is 10. The van der Waals surface area contributed by atoms with Crippen LogP contribution in [-0.4, -0.2) is 260 Å². The van der Waals surface area contributed by atoms with Crippen LogP contribution in [0.1, 0.15) is 174 Å². The maximum absolute atomic E-state index is 14.8. The summed E-state index contributed by atoms with van der Waals surface area (Å²) in [5, 5.41) is 55.2. The first-order valence-corrected chi connectivity index (χ1v) is 36.5. The third kappa shape index (κ3) is 24.2. The van der Waals surface area contributed by atoms with Gasteiger partial charge in [0.25, 0.3) is 0 Å². The zero-order valence-corrected chi connectivity index (χ0v) is 62.7. The van der Waals surface area contributed by atoms with Gasteiger partial charge < -0.3 is 99.6 Å². The molecule has 4 fully saturated rings. The third-order valence-corrected chi connectivity index (χ3v) is 19.5. The molecule has 15 amide bonds. The van der Waals surface area contributed by atoms with Gasteiger partial charge in [-0.1, -0.05) is 89.5 Å². The number of aliphatic hydroxyl groups excluding tert-OH is 2. The molecular formula is C69H116N16O19. The molecule has 17 N–H and O–H groups in total. The predicted molar refractivity (Wildman–Crippen MR) is 376 cm³/mol. The van der Waals surface area contributed by atoms with Crippen LogP contribution in [0.2, 0.25) is 0 Å². The quantitative estimate of drug-likeness (QED) is 0.0282. The van der Waals surface area contributed by atoms with Crippen molar-refractivity contribution in [1.29, 1.82) is 0 Å². The van der Waals surface area contributed by atoms with Gasteiger partial charge in [0.15, 0.2) is 0 Å². The molecule has 586 valence electrons. The molecule has 16 atom stereocenters. The normalized spacial score (nSPS) is 20.9. The number of rotatable bonds is 38. The molecule has 35 nitrogen and oxygen atoms in total. The number of amides is 15. The number of nitrogens with two attached hydrogens (primary N) is 2. The second-order valence-electron chi connectivity index (χ2n) is 29.7. The highest BCUT2D eigenvalue weighted by Crippen LogP contribution is 2.30. The van der Waals surface area contributed by atoms with Gasteiger partial charge in [-0.15, -0.1) is 0 Å². The van der Waals surface area contributed by atoms with Gasteiger partial charge in [-0.3, -0.25) is 76.7 Å². The number of hydrogen-bond acceptors (Lipinski definition) is 19. The minimum absolute atomic E-state index is 0.0565. The van der Waals surface area contributed by atoms with Crippen LogP contribution in [-0.2, 0) is 76.7 Å². The van der Waals surface area contributed by atoms with Crippen molar-refractivity contribution >= 4 is 94.6 Å². The van der Waals surface area contributed by atoms with Gasteiger partial charge in [0.05, 0.1) is 12.7 Å². The van der Waals surface area contributed by atoms with Crippen molar-refractivity contribution in [3.05, 3.63) is 0 Å². The first-order chi connectivity index (χ1) is 48.7. The van der Waals surface area contributed by atoms with Gasteiger partial charge in [-0.05, 0) is 114 Å². The molecule has 0 saturated carbocycles. The van der Waals surface area contributed by atoms with Crippen molar-refractivity contribution in [2.75, 3.05) is 39.3 Å². The van der Waals surface area contributed by atoms with E-state index in [1.165, 1.54) is 33.4 Å². The Labute approximate surface area is 608 Å². The molecule has 0 radical (unpaired) electrons. The lowest BCUT2D eigenvalue weighted by molar-refractivity contribution is -0.151. The second-order valence-corrected chi connectivity index (χ2v) is 29.7. The van der Waals surface area contributed by atoms with Crippen LogP contribution in [0, 0.1) is 35.5 Å². The van der Waals surface area contributed by atoms with E-state index in [0.717, 1.165) is 0 Å². The average molecular weight is 1470 g/mol. The molecule has 4 aliphatic heterocycles. The molecule has 104 heavy (non-hydrogen) atoms. The average Bonchev–Trinajstić information content (AvgIpc) is 1.61. The fourth-order valence-electron chi connectivity index (χ4n) is 13.2. The molecule has 35 heteroatoms. The number of carboxylic acid groups (broad SMARTS) is 1. The van der Waals surface area contributed by atoms with Crippen molar-refractivity contribution < 1.29 is 92.0 Å². The van der Waals surface area contributed by atoms with Crippen molar-refractivity contribution in [2.24, 2.45) is 47.0 Å². The SMILES string of the molecule is CC[C@H](C)[C@H](NC(=O)[C@H](C)NC(=O)[C@@H](NC(=O)[C@@H](N)CO)C(C)C)C(=O)N[C@@H](CCC(N)=O)C(=O)N1CCC[C@H]1C(=O)N1CCC[C@H]1C(=O)N1CCC[C@H]1C(=O)N[C@H](C(=O)N[C@H](C(=O)N[C@H](C(=O)N[C@H](C(=O)N[C@@H](CC(C)C)C(=O)N1CCC[C@H]1C(=O)NCC(=O)O)[C@@H](C)O)C(C)C)C(C)C)C(C)C. The van der Waals surface area contributed by atoms with E-state index < -0.39 is 228 Å². The molecule has 4 aliphatic rings.